The minimum Gasteiger partial charge on any atom is -0.489 e. The number of fused-ring (bicyclic) bond motifs is 1. The minimum absolute atomic E-state index is 0.156. The number of aliphatic hydroxyl groups excluding tert-OH is 2. The molecule has 0 spiro atoms. The number of hydrogen-bond donors (Lipinski definition) is 2. The third-order valence-electron chi connectivity index (χ3n) is 5.43. The summed E-state index contributed by atoms with van der Waals surface area (Å²) in [4.78, 5) is 0. The molecule has 4 heteroatoms. The van der Waals surface area contributed by atoms with Gasteiger partial charge in [0.25, 0.3) is 0 Å². The fraction of sp³-hybridized carbons (Fsp3) is 0.214. The predicted molar refractivity (Wildman–Crippen MR) is 127 cm³/mol. The number of rotatable bonds is 10. The van der Waals surface area contributed by atoms with E-state index in [-0.39, 0.29) is 13.2 Å². The third-order valence-corrected chi connectivity index (χ3v) is 5.43. The van der Waals surface area contributed by atoms with Crippen LogP contribution in [0.5, 0.6) is 11.5 Å². The Labute approximate surface area is 188 Å². The molecule has 2 N–H and O–H groups in total. The van der Waals surface area contributed by atoms with Gasteiger partial charge in [-0.25, -0.2) is 0 Å². The van der Waals surface area contributed by atoms with Crippen LogP contribution in [0.1, 0.15) is 22.3 Å². The monoisotopic (exact) mass is 428 g/mol. The Morgan fingerprint density at radius 3 is 1.22 bits per heavy atom. The molecule has 0 heterocycles. The Kier molecular flexibility index (Phi) is 7.38. The van der Waals surface area contributed by atoms with E-state index in [2.05, 4.69) is 36.4 Å². The van der Waals surface area contributed by atoms with Gasteiger partial charge in [0.05, 0.1) is 0 Å². The van der Waals surface area contributed by atoms with Crippen molar-refractivity contribution in [2.24, 2.45) is 0 Å². The summed E-state index contributed by atoms with van der Waals surface area (Å²) in [5, 5.41) is 20.4. The third kappa shape index (κ3) is 5.88. The van der Waals surface area contributed by atoms with Crippen molar-refractivity contribution in [2.45, 2.75) is 26.1 Å². The van der Waals surface area contributed by atoms with E-state index in [0.717, 1.165) is 33.8 Å². The van der Waals surface area contributed by atoms with Crippen molar-refractivity contribution in [3.05, 3.63) is 107 Å². The molecule has 4 nitrogen and oxygen atoms in total. The van der Waals surface area contributed by atoms with Crippen molar-refractivity contribution in [2.75, 3.05) is 13.2 Å². The van der Waals surface area contributed by atoms with Gasteiger partial charge in [-0.3, -0.25) is 0 Å². The topological polar surface area (TPSA) is 58.9 Å². The van der Waals surface area contributed by atoms with E-state index in [1.165, 1.54) is 10.8 Å². The van der Waals surface area contributed by atoms with Gasteiger partial charge in [0.1, 0.15) is 24.7 Å². The van der Waals surface area contributed by atoms with E-state index in [9.17, 15) is 0 Å². The van der Waals surface area contributed by atoms with E-state index in [1.807, 2.05) is 48.5 Å². The van der Waals surface area contributed by atoms with E-state index in [1.54, 1.807) is 0 Å². The molecule has 4 aromatic carbocycles. The van der Waals surface area contributed by atoms with Crippen LogP contribution < -0.4 is 9.47 Å². The second kappa shape index (κ2) is 10.8. The van der Waals surface area contributed by atoms with Crippen molar-refractivity contribution in [1.82, 2.24) is 0 Å². The lowest BCUT2D eigenvalue weighted by molar-refractivity contribution is 0.298. The Hall–Kier alpha value is -3.34. The molecule has 0 fully saturated rings. The van der Waals surface area contributed by atoms with Gasteiger partial charge >= 0.3 is 0 Å². The van der Waals surface area contributed by atoms with Gasteiger partial charge in [0.2, 0.25) is 0 Å². The molecule has 0 aliphatic carbocycles. The van der Waals surface area contributed by atoms with Crippen LogP contribution >= 0.6 is 0 Å². The molecule has 0 unspecified atom stereocenters. The first-order valence-corrected chi connectivity index (χ1v) is 10.9. The first-order valence-electron chi connectivity index (χ1n) is 10.9. The van der Waals surface area contributed by atoms with Crippen LogP contribution in [0.25, 0.3) is 10.8 Å². The van der Waals surface area contributed by atoms with Crippen LogP contribution in [0.3, 0.4) is 0 Å². The summed E-state index contributed by atoms with van der Waals surface area (Å²) in [6.07, 6.45) is 1.32. The quantitative estimate of drug-likeness (QED) is 0.370. The Balaban J connectivity index is 1.35. The molecule has 0 atom stereocenters. The van der Waals surface area contributed by atoms with Crippen molar-refractivity contribution >= 4 is 10.8 Å². The lowest BCUT2D eigenvalue weighted by Crippen LogP contribution is -1.97. The van der Waals surface area contributed by atoms with Crippen LogP contribution in [0, 0.1) is 0 Å². The molecular formula is C28H28O4. The van der Waals surface area contributed by atoms with E-state index < -0.39 is 0 Å². The number of benzene rings is 4. The molecule has 0 saturated carbocycles. The Morgan fingerprint density at radius 2 is 0.844 bits per heavy atom. The van der Waals surface area contributed by atoms with Gasteiger partial charge in [-0.2, -0.15) is 0 Å². The molecule has 0 aliphatic heterocycles. The van der Waals surface area contributed by atoms with Crippen LogP contribution in [0.2, 0.25) is 0 Å². The maximum absolute atomic E-state index is 9.01. The summed E-state index contributed by atoms with van der Waals surface area (Å²) < 4.78 is 11.8. The number of ether oxygens (including phenoxy) is 2. The summed E-state index contributed by atoms with van der Waals surface area (Å²) in [7, 11) is 0. The molecule has 0 aromatic heterocycles. The standard InChI is InChI=1S/C28H28O4/c29-15-13-21-3-9-27(10-4-21)31-19-23-1-7-25-18-24(2-8-26(25)17-23)20-32-28-11-5-22(6-12-28)14-16-30/h1-12,17-18,29-30H,13-16,19-20H2. The fourth-order valence-corrected chi connectivity index (χ4v) is 3.62. The first-order chi connectivity index (χ1) is 15.7. The highest BCUT2D eigenvalue weighted by atomic mass is 16.5. The molecule has 0 amide bonds. The first kappa shape index (κ1) is 21.9. The molecule has 0 radical (unpaired) electrons. The van der Waals surface area contributed by atoms with E-state index in [0.29, 0.717) is 26.1 Å². The molecule has 0 bridgehead atoms. The molecule has 4 rings (SSSR count). The van der Waals surface area contributed by atoms with Gasteiger partial charge in [0, 0.05) is 13.2 Å². The lowest BCUT2D eigenvalue weighted by atomic mass is 10.0. The number of aliphatic hydroxyl groups is 2. The summed E-state index contributed by atoms with van der Waals surface area (Å²) in [6, 6.07) is 28.4. The van der Waals surface area contributed by atoms with Crippen molar-refractivity contribution < 1.29 is 19.7 Å². The van der Waals surface area contributed by atoms with Crippen molar-refractivity contribution in [3.8, 4) is 11.5 Å². The van der Waals surface area contributed by atoms with Crippen LogP contribution in [-0.4, -0.2) is 23.4 Å². The van der Waals surface area contributed by atoms with Gasteiger partial charge < -0.3 is 19.7 Å². The number of hydrogen-bond acceptors (Lipinski definition) is 4. The maximum atomic E-state index is 9.01. The van der Waals surface area contributed by atoms with Gasteiger partial charge in [0.15, 0.2) is 0 Å². The minimum atomic E-state index is 0.156. The van der Waals surface area contributed by atoms with Crippen molar-refractivity contribution in [3.63, 3.8) is 0 Å². The largest absolute Gasteiger partial charge is 0.489 e. The molecule has 32 heavy (non-hydrogen) atoms. The van der Waals surface area contributed by atoms with Gasteiger partial charge in [-0.05, 0) is 82.3 Å². The summed E-state index contributed by atoms with van der Waals surface area (Å²) >= 11 is 0. The maximum Gasteiger partial charge on any atom is 0.119 e. The summed E-state index contributed by atoms with van der Waals surface area (Å²) in [6.45, 7) is 1.33. The smallest absolute Gasteiger partial charge is 0.119 e. The molecule has 0 saturated heterocycles. The molecule has 4 aromatic rings. The molecule has 164 valence electrons. The SMILES string of the molecule is OCCc1ccc(OCc2ccc3cc(COc4ccc(CCO)cc4)ccc3c2)cc1. The van der Waals surface area contributed by atoms with E-state index in [4.69, 9.17) is 19.7 Å². The second-order valence-corrected chi connectivity index (χ2v) is 7.83. The average Bonchev–Trinajstić information content (AvgIpc) is 2.83. The van der Waals surface area contributed by atoms with Crippen molar-refractivity contribution in [1.29, 1.82) is 0 Å². The molecule has 0 aliphatic rings. The zero-order valence-electron chi connectivity index (χ0n) is 18.0. The zero-order chi connectivity index (χ0) is 22.2. The Bertz CT molecular complexity index is 1040. The lowest BCUT2D eigenvalue weighted by Gasteiger charge is -2.10. The van der Waals surface area contributed by atoms with Crippen LogP contribution in [0.4, 0.5) is 0 Å². The molecular weight excluding hydrogens is 400 g/mol. The average molecular weight is 429 g/mol. The zero-order valence-corrected chi connectivity index (χ0v) is 18.0. The summed E-state index contributed by atoms with van der Waals surface area (Å²) in [5.41, 5.74) is 4.43. The normalized spacial score (nSPS) is 10.9. The predicted octanol–water partition coefficient (Wildman–Crippen LogP) is 5.07. The highest BCUT2D eigenvalue weighted by molar-refractivity contribution is 5.83. The fourth-order valence-electron chi connectivity index (χ4n) is 3.62. The Morgan fingerprint density at radius 1 is 0.469 bits per heavy atom. The van der Waals surface area contributed by atoms with Gasteiger partial charge in [-0.15, -0.1) is 0 Å². The van der Waals surface area contributed by atoms with Crippen LogP contribution in [0.15, 0.2) is 84.9 Å². The highest BCUT2D eigenvalue weighted by Crippen LogP contribution is 2.21. The highest BCUT2D eigenvalue weighted by Gasteiger charge is 2.03. The van der Waals surface area contributed by atoms with E-state index >= 15 is 0 Å². The van der Waals surface area contributed by atoms with Crippen LogP contribution in [-0.2, 0) is 26.1 Å². The van der Waals surface area contributed by atoms with Gasteiger partial charge in [-0.1, -0.05) is 48.5 Å². The summed E-state index contributed by atoms with van der Waals surface area (Å²) in [5.74, 6) is 1.65. The second-order valence-electron chi connectivity index (χ2n) is 7.83.